The Morgan fingerprint density at radius 2 is 2.36 bits per heavy atom. The summed E-state index contributed by atoms with van der Waals surface area (Å²) in [6.07, 6.45) is 2.48. The van der Waals surface area contributed by atoms with Crippen LogP contribution in [0.15, 0.2) is 27.5 Å². The molecule has 4 rings (SSSR count). The molecule has 0 radical (unpaired) electrons. The van der Waals surface area contributed by atoms with Crippen molar-refractivity contribution in [1.29, 1.82) is 0 Å². The van der Waals surface area contributed by atoms with Gasteiger partial charge in [0.15, 0.2) is 5.82 Å². The quantitative estimate of drug-likeness (QED) is 0.710. The van der Waals surface area contributed by atoms with Crippen LogP contribution in [0, 0.1) is 0 Å². The number of carbonyl (C=O) groups is 1. The summed E-state index contributed by atoms with van der Waals surface area (Å²) in [6, 6.07) is 1.95. The van der Waals surface area contributed by atoms with Gasteiger partial charge in [-0.2, -0.15) is 16.3 Å². The van der Waals surface area contributed by atoms with Crippen LogP contribution < -0.4 is 4.74 Å². The van der Waals surface area contributed by atoms with Gasteiger partial charge in [0, 0.05) is 37.6 Å². The average molecular weight is 359 g/mol. The minimum Gasteiger partial charge on any atom is -0.479 e. The summed E-state index contributed by atoms with van der Waals surface area (Å²) in [6.45, 7) is 1.20. The summed E-state index contributed by atoms with van der Waals surface area (Å²) in [4.78, 5) is 19.0. The number of methoxy groups -OCH3 is 1. The Morgan fingerprint density at radius 3 is 3.12 bits per heavy atom. The Morgan fingerprint density at radius 1 is 1.48 bits per heavy atom. The van der Waals surface area contributed by atoms with E-state index in [-0.39, 0.29) is 11.8 Å². The fourth-order valence-corrected chi connectivity index (χ4v) is 3.63. The number of ether oxygens (including phenoxy) is 1. The number of aromatic nitrogens is 4. The van der Waals surface area contributed by atoms with Crippen molar-refractivity contribution in [3.05, 3.63) is 34.4 Å². The lowest BCUT2D eigenvalue weighted by Gasteiger charge is -2.15. The molecule has 1 unspecified atom stereocenters. The number of thiophene rings is 1. The highest BCUT2D eigenvalue weighted by molar-refractivity contribution is 7.08. The van der Waals surface area contributed by atoms with E-state index in [1.54, 1.807) is 34.2 Å². The molecule has 4 heterocycles. The largest absolute Gasteiger partial charge is 0.479 e. The second-order valence-electron chi connectivity index (χ2n) is 5.93. The van der Waals surface area contributed by atoms with Crippen LogP contribution in [0.2, 0.25) is 0 Å². The normalized spacial score (nSPS) is 17.2. The van der Waals surface area contributed by atoms with E-state index in [0.29, 0.717) is 36.2 Å². The Labute approximate surface area is 148 Å². The summed E-state index contributed by atoms with van der Waals surface area (Å²) < 4.78 is 12.1. The number of hydrogen-bond donors (Lipinski definition) is 0. The van der Waals surface area contributed by atoms with E-state index in [1.165, 1.54) is 7.11 Å². The molecule has 9 heteroatoms. The second kappa shape index (κ2) is 6.32. The van der Waals surface area contributed by atoms with Gasteiger partial charge in [-0.1, -0.05) is 5.16 Å². The third-order valence-electron chi connectivity index (χ3n) is 4.27. The first-order valence-corrected chi connectivity index (χ1v) is 8.83. The molecule has 0 aromatic carbocycles. The molecular formula is C16H17N5O3S. The highest BCUT2D eigenvalue weighted by Gasteiger charge is 2.33. The summed E-state index contributed by atoms with van der Waals surface area (Å²) >= 11 is 1.58. The van der Waals surface area contributed by atoms with Crippen LogP contribution in [0.4, 0.5) is 0 Å². The molecule has 0 saturated carbocycles. The first-order valence-electron chi connectivity index (χ1n) is 7.89. The maximum absolute atomic E-state index is 12.7. The number of nitrogens with zero attached hydrogens (tertiary/aromatic N) is 5. The van der Waals surface area contributed by atoms with E-state index >= 15 is 0 Å². The molecule has 1 saturated heterocycles. The molecule has 0 N–H and O–H groups in total. The molecule has 3 aromatic heterocycles. The van der Waals surface area contributed by atoms with Gasteiger partial charge in [0.25, 0.3) is 11.8 Å². The first-order chi connectivity index (χ1) is 12.2. The molecule has 0 spiro atoms. The van der Waals surface area contributed by atoms with Crippen molar-refractivity contribution in [3.63, 3.8) is 0 Å². The van der Waals surface area contributed by atoms with Crippen LogP contribution in [0.25, 0.3) is 11.5 Å². The monoisotopic (exact) mass is 359 g/mol. The number of amides is 1. The molecule has 1 amide bonds. The van der Waals surface area contributed by atoms with Crippen LogP contribution in [0.3, 0.4) is 0 Å². The van der Waals surface area contributed by atoms with Crippen LogP contribution in [0.5, 0.6) is 5.88 Å². The molecule has 0 aliphatic carbocycles. The Hall–Kier alpha value is -2.68. The number of aryl methyl sites for hydroxylation is 1. The zero-order valence-electron chi connectivity index (χ0n) is 13.9. The fraction of sp³-hybridized carbons (Fsp3) is 0.375. The van der Waals surface area contributed by atoms with E-state index < -0.39 is 0 Å². The van der Waals surface area contributed by atoms with E-state index in [0.717, 1.165) is 12.0 Å². The smallest absolute Gasteiger partial charge is 0.260 e. The average Bonchev–Trinajstić information content (AvgIpc) is 3.38. The molecule has 8 nitrogen and oxygen atoms in total. The molecule has 1 atom stereocenters. The predicted molar refractivity (Wildman–Crippen MR) is 90.6 cm³/mol. The van der Waals surface area contributed by atoms with Crippen molar-refractivity contribution in [2.75, 3.05) is 20.2 Å². The minimum atomic E-state index is -0.0889. The lowest BCUT2D eigenvalue weighted by atomic mass is 10.1. The van der Waals surface area contributed by atoms with Gasteiger partial charge in [-0.05, 0) is 17.9 Å². The third-order valence-corrected chi connectivity index (χ3v) is 4.95. The fourth-order valence-electron chi connectivity index (χ4n) is 3.00. The van der Waals surface area contributed by atoms with Gasteiger partial charge in [-0.15, -0.1) is 5.10 Å². The number of rotatable bonds is 4. The Bertz CT molecular complexity index is 886. The van der Waals surface area contributed by atoms with Crippen LogP contribution in [-0.2, 0) is 7.05 Å². The standard InChI is InChI=1S/C16H17N5O3S/c1-20-8-12(15(18-20)23-2)16(22)21-5-3-10(7-21)13-17-14(24-19-13)11-4-6-25-9-11/h4,6,8-10H,3,5,7H2,1-2H3. The van der Waals surface area contributed by atoms with Gasteiger partial charge in [0.1, 0.15) is 5.56 Å². The van der Waals surface area contributed by atoms with Gasteiger partial charge in [-0.3, -0.25) is 9.48 Å². The minimum absolute atomic E-state index is 0.0720. The first kappa shape index (κ1) is 15.8. The topological polar surface area (TPSA) is 86.3 Å². The van der Waals surface area contributed by atoms with Crippen LogP contribution in [-0.4, -0.2) is 50.9 Å². The molecule has 1 aliphatic rings. The molecule has 1 fully saturated rings. The van der Waals surface area contributed by atoms with Crippen molar-refractivity contribution < 1.29 is 14.1 Å². The van der Waals surface area contributed by atoms with Gasteiger partial charge in [0.2, 0.25) is 5.88 Å². The molecule has 130 valence electrons. The van der Waals surface area contributed by atoms with Crippen molar-refractivity contribution >= 4 is 17.2 Å². The second-order valence-corrected chi connectivity index (χ2v) is 6.71. The Kier molecular flexibility index (Phi) is 4.00. The highest BCUT2D eigenvalue weighted by atomic mass is 32.1. The van der Waals surface area contributed by atoms with Gasteiger partial charge < -0.3 is 14.2 Å². The molecule has 0 bridgehead atoms. The number of carbonyl (C=O) groups excluding carboxylic acids is 1. The molecule has 25 heavy (non-hydrogen) atoms. The van der Waals surface area contributed by atoms with E-state index in [9.17, 15) is 4.79 Å². The lowest BCUT2D eigenvalue weighted by molar-refractivity contribution is 0.0787. The van der Waals surface area contributed by atoms with Crippen molar-refractivity contribution in [2.45, 2.75) is 12.3 Å². The van der Waals surface area contributed by atoms with E-state index in [1.807, 2.05) is 16.8 Å². The molecule has 3 aromatic rings. The number of hydrogen-bond acceptors (Lipinski definition) is 7. The zero-order chi connectivity index (χ0) is 17.4. The molecular weight excluding hydrogens is 342 g/mol. The van der Waals surface area contributed by atoms with Crippen molar-refractivity contribution in [3.8, 4) is 17.3 Å². The van der Waals surface area contributed by atoms with Crippen molar-refractivity contribution in [1.82, 2.24) is 24.8 Å². The maximum atomic E-state index is 12.7. The lowest BCUT2D eigenvalue weighted by Crippen LogP contribution is -2.28. The summed E-state index contributed by atoms with van der Waals surface area (Å²) in [5, 5.41) is 12.2. The van der Waals surface area contributed by atoms with Gasteiger partial charge in [-0.25, -0.2) is 0 Å². The highest BCUT2D eigenvalue weighted by Crippen LogP contribution is 2.29. The van der Waals surface area contributed by atoms with Gasteiger partial charge in [0.05, 0.1) is 12.7 Å². The Balaban J connectivity index is 1.49. The van der Waals surface area contributed by atoms with Gasteiger partial charge >= 0.3 is 0 Å². The predicted octanol–water partition coefficient (Wildman–Crippen LogP) is 2.17. The SMILES string of the molecule is COc1nn(C)cc1C(=O)N1CCC(c2noc(-c3ccsc3)n2)C1. The molecule has 1 aliphatic heterocycles. The van der Waals surface area contributed by atoms with Crippen molar-refractivity contribution in [2.24, 2.45) is 7.05 Å². The van der Waals surface area contributed by atoms with Crippen LogP contribution >= 0.6 is 11.3 Å². The van der Waals surface area contributed by atoms with Crippen LogP contribution in [0.1, 0.15) is 28.5 Å². The number of likely N-dealkylation sites (tertiary alicyclic amines) is 1. The summed E-state index contributed by atoms with van der Waals surface area (Å²) in [5.41, 5.74) is 1.40. The third kappa shape index (κ3) is 2.91. The summed E-state index contributed by atoms with van der Waals surface area (Å²) in [5.74, 6) is 1.50. The van der Waals surface area contributed by atoms with E-state index in [2.05, 4.69) is 15.2 Å². The zero-order valence-corrected chi connectivity index (χ0v) is 14.7. The summed E-state index contributed by atoms with van der Waals surface area (Å²) in [7, 11) is 3.27. The maximum Gasteiger partial charge on any atom is 0.260 e. The van der Waals surface area contributed by atoms with E-state index in [4.69, 9.17) is 9.26 Å².